The van der Waals surface area contributed by atoms with Gasteiger partial charge in [-0.25, -0.2) is 4.98 Å². The van der Waals surface area contributed by atoms with E-state index < -0.39 is 0 Å². The molecule has 28 heavy (non-hydrogen) atoms. The molecule has 3 rings (SSSR count). The molecule has 2 heterocycles. The van der Waals surface area contributed by atoms with E-state index in [0.29, 0.717) is 31.5 Å². The summed E-state index contributed by atoms with van der Waals surface area (Å²) in [5.41, 5.74) is 1.04. The van der Waals surface area contributed by atoms with E-state index in [2.05, 4.69) is 20.6 Å². The van der Waals surface area contributed by atoms with Crippen molar-refractivity contribution in [1.82, 2.24) is 15.6 Å². The molecule has 1 aromatic heterocycles. The maximum atomic E-state index is 5.94. The van der Waals surface area contributed by atoms with Gasteiger partial charge in [0.2, 0.25) is 5.88 Å². The molecule has 2 aromatic rings. The quantitative estimate of drug-likeness (QED) is 0.363. The fourth-order valence-corrected chi connectivity index (χ4v) is 2.61. The summed E-state index contributed by atoms with van der Waals surface area (Å²) in [6.07, 6.45) is 1.84. The number of nitrogens with zero attached hydrogens (tertiary/aromatic N) is 2. The summed E-state index contributed by atoms with van der Waals surface area (Å²) in [4.78, 5) is 8.55. The van der Waals surface area contributed by atoms with Crippen LogP contribution in [0.15, 0.2) is 47.6 Å². The molecule has 152 valence electrons. The van der Waals surface area contributed by atoms with E-state index in [1.807, 2.05) is 50.2 Å². The third-order valence-electron chi connectivity index (χ3n) is 3.90. The molecule has 0 amide bonds. The first-order chi connectivity index (χ1) is 13.1. The van der Waals surface area contributed by atoms with Gasteiger partial charge in [0.25, 0.3) is 0 Å². The van der Waals surface area contributed by atoms with Crippen molar-refractivity contribution in [2.45, 2.75) is 32.6 Å². The van der Waals surface area contributed by atoms with Gasteiger partial charge in [0, 0.05) is 25.9 Å². The van der Waals surface area contributed by atoms with Gasteiger partial charge in [0.15, 0.2) is 17.5 Å². The third-order valence-corrected chi connectivity index (χ3v) is 3.90. The number of para-hydroxylation sites is 2. The van der Waals surface area contributed by atoms with Crippen molar-refractivity contribution in [3.63, 3.8) is 0 Å². The Morgan fingerprint density at radius 1 is 1.21 bits per heavy atom. The van der Waals surface area contributed by atoms with Crippen LogP contribution >= 0.6 is 24.0 Å². The Balaban J connectivity index is 0.00000280. The van der Waals surface area contributed by atoms with E-state index in [1.54, 1.807) is 13.2 Å². The van der Waals surface area contributed by atoms with Crippen LogP contribution in [0.3, 0.4) is 0 Å². The molecule has 1 unspecified atom stereocenters. The van der Waals surface area contributed by atoms with E-state index in [4.69, 9.17) is 14.2 Å². The number of nitrogens with one attached hydrogen (secondary N) is 2. The number of hydrogen-bond acceptors (Lipinski definition) is 5. The first kappa shape index (κ1) is 22.1. The molecule has 0 radical (unpaired) electrons. The molecule has 1 atom stereocenters. The number of ether oxygens (including phenoxy) is 3. The van der Waals surface area contributed by atoms with Crippen LogP contribution in [0.2, 0.25) is 0 Å². The average molecular weight is 498 g/mol. The molecular weight excluding hydrogens is 471 g/mol. The van der Waals surface area contributed by atoms with Crippen molar-refractivity contribution in [1.29, 1.82) is 0 Å². The lowest BCUT2D eigenvalue weighted by molar-refractivity contribution is 0.0936. The van der Waals surface area contributed by atoms with Crippen molar-refractivity contribution in [3.05, 3.63) is 48.2 Å². The van der Waals surface area contributed by atoms with Crippen molar-refractivity contribution in [2.75, 3.05) is 20.2 Å². The molecule has 0 bridgehead atoms. The van der Waals surface area contributed by atoms with Crippen LogP contribution in [0.25, 0.3) is 0 Å². The number of pyridine rings is 1. The zero-order valence-electron chi connectivity index (χ0n) is 16.3. The minimum atomic E-state index is -0.0763. The van der Waals surface area contributed by atoms with Gasteiger partial charge in [-0.15, -0.1) is 24.0 Å². The van der Waals surface area contributed by atoms with Gasteiger partial charge in [-0.1, -0.05) is 18.2 Å². The number of fused-ring (bicyclic) bond motifs is 1. The Kier molecular flexibility index (Phi) is 8.62. The van der Waals surface area contributed by atoms with Crippen LogP contribution in [0.4, 0.5) is 0 Å². The van der Waals surface area contributed by atoms with E-state index in [9.17, 15) is 0 Å². The summed E-state index contributed by atoms with van der Waals surface area (Å²) in [6, 6.07) is 11.5. The topological polar surface area (TPSA) is 77.0 Å². The van der Waals surface area contributed by atoms with Gasteiger partial charge >= 0.3 is 0 Å². The highest BCUT2D eigenvalue weighted by atomic mass is 127. The lowest BCUT2D eigenvalue weighted by atomic mass is 10.2. The number of aromatic nitrogens is 1. The third kappa shape index (κ3) is 6.43. The van der Waals surface area contributed by atoms with E-state index in [-0.39, 0.29) is 36.2 Å². The molecule has 0 fully saturated rings. The predicted octanol–water partition coefficient (Wildman–Crippen LogP) is 2.99. The van der Waals surface area contributed by atoms with Crippen molar-refractivity contribution < 1.29 is 14.2 Å². The Labute approximate surface area is 182 Å². The van der Waals surface area contributed by atoms with Crippen LogP contribution < -0.4 is 24.8 Å². The molecule has 0 saturated heterocycles. The molecule has 0 aliphatic carbocycles. The molecule has 0 spiro atoms. The fraction of sp³-hybridized carbons (Fsp3) is 0.400. The van der Waals surface area contributed by atoms with Crippen molar-refractivity contribution >= 4 is 29.9 Å². The minimum absolute atomic E-state index is 0. The maximum Gasteiger partial charge on any atom is 0.213 e. The molecule has 1 aromatic carbocycles. The second-order valence-electron chi connectivity index (χ2n) is 6.48. The molecule has 1 aliphatic heterocycles. The minimum Gasteiger partial charge on any atom is -0.486 e. The van der Waals surface area contributed by atoms with Gasteiger partial charge in [0.1, 0.15) is 12.7 Å². The number of rotatable bonds is 6. The SMILES string of the molecule is CN=C(NCc1ccc(OC(C)C)nc1)NCC1COc2ccccc2O1.I. The van der Waals surface area contributed by atoms with E-state index in [0.717, 1.165) is 17.1 Å². The van der Waals surface area contributed by atoms with Gasteiger partial charge in [-0.2, -0.15) is 0 Å². The average Bonchev–Trinajstić information content (AvgIpc) is 2.68. The summed E-state index contributed by atoms with van der Waals surface area (Å²) in [7, 11) is 1.74. The van der Waals surface area contributed by atoms with Gasteiger partial charge in [-0.05, 0) is 31.5 Å². The molecule has 2 N–H and O–H groups in total. The second-order valence-corrected chi connectivity index (χ2v) is 6.48. The zero-order valence-corrected chi connectivity index (χ0v) is 18.7. The van der Waals surface area contributed by atoms with Gasteiger partial charge in [0.05, 0.1) is 12.6 Å². The summed E-state index contributed by atoms with van der Waals surface area (Å²) >= 11 is 0. The van der Waals surface area contributed by atoms with E-state index in [1.165, 1.54) is 0 Å². The van der Waals surface area contributed by atoms with Gasteiger partial charge < -0.3 is 24.8 Å². The standard InChI is InChI=1S/C20H26N4O3.HI/c1-14(2)26-19-9-8-15(10-22-19)11-23-20(21-3)24-12-16-13-25-17-6-4-5-7-18(17)27-16;/h4-10,14,16H,11-13H2,1-3H3,(H2,21,23,24);1H. The molecule has 0 saturated carbocycles. The zero-order chi connectivity index (χ0) is 19.1. The maximum absolute atomic E-state index is 5.94. The number of halogens is 1. The number of benzene rings is 1. The second kappa shape index (κ2) is 10.9. The van der Waals surface area contributed by atoms with Crippen LogP contribution in [0, 0.1) is 0 Å². The lowest BCUT2D eigenvalue weighted by Gasteiger charge is -2.27. The summed E-state index contributed by atoms with van der Waals surface area (Å²) in [5.74, 6) is 2.88. The van der Waals surface area contributed by atoms with Crippen molar-refractivity contribution in [3.8, 4) is 17.4 Å². The summed E-state index contributed by atoms with van der Waals surface area (Å²) in [5, 5.41) is 6.53. The summed E-state index contributed by atoms with van der Waals surface area (Å²) in [6.45, 7) is 5.66. The number of hydrogen-bond donors (Lipinski definition) is 2. The Morgan fingerprint density at radius 2 is 2.00 bits per heavy atom. The summed E-state index contributed by atoms with van der Waals surface area (Å²) < 4.78 is 17.2. The highest BCUT2D eigenvalue weighted by molar-refractivity contribution is 14.0. The molecule has 7 nitrogen and oxygen atoms in total. The molecule has 1 aliphatic rings. The molecule has 8 heteroatoms. The van der Waals surface area contributed by atoms with E-state index >= 15 is 0 Å². The van der Waals surface area contributed by atoms with Crippen LogP contribution in [-0.4, -0.2) is 43.4 Å². The predicted molar refractivity (Wildman–Crippen MR) is 120 cm³/mol. The Morgan fingerprint density at radius 3 is 2.68 bits per heavy atom. The largest absolute Gasteiger partial charge is 0.486 e. The van der Waals surface area contributed by atoms with Crippen molar-refractivity contribution in [2.24, 2.45) is 4.99 Å². The van der Waals surface area contributed by atoms with Crippen LogP contribution in [-0.2, 0) is 6.54 Å². The fourth-order valence-electron chi connectivity index (χ4n) is 2.61. The first-order valence-corrected chi connectivity index (χ1v) is 9.08. The first-order valence-electron chi connectivity index (χ1n) is 9.08. The smallest absolute Gasteiger partial charge is 0.213 e. The monoisotopic (exact) mass is 498 g/mol. The highest BCUT2D eigenvalue weighted by Crippen LogP contribution is 2.30. The molecular formula is C20H27IN4O3. The highest BCUT2D eigenvalue weighted by Gasteiger charge is 2.20. The normalized spacial score (nSPS) is 15.6. The number of guanidine groups is 1. The van der Waals surface area contributed by atoms with Crippen LogP contribution in [0.5, 0.6) is 17.4 Å². The van der Waals surface area contributed by atoms with Crippen LogP contribution in [0.1, 0.15) is 19.4 Å². The van der Waals surface area contributed by atoms with Gasteiger partial charge in [-0.3, -0.25) is 4.99 Å². The Bertz CT molecular complexity index is 768. The number of aliphatic imine (C=N–C) groups is 1. The lowest BCUT2D eigenvalue weighted by Crippen LogP contribution is -2.45. The Hall–Kier alpha value is -2.23.